The number of carbonyl (C=O) groups excluding carboxylic acids is 6. The Labute approximate surface area is 407 Å². The summed E-state index contributed by atoms with van der Waals surface area (Å²) in [7, 11) is 0. The highest BCUT2D eigenvalue weighted by Gasteiger charge is 2.34. The van der Waals surface area contributed by atoms with Crippen molar-refractivity contribution in [2.45, 2.75) is 76.0 Å². The van der Waals surface area contributed by atoms with Crippen molar-refractivity contribution in [2.75, 3.05) is 11.9 Å². The molecule has 6 aromatic rings. The van der Waals surface area contributed by atoms with Crippen LogP contribution in [0, 0.1) is 5.92 Å². The third-order valence-corrected chi connectivity index (χ3v) is 12.3. The van der Waals surface area contributed by atoms with E-state index in [9.17, 15) is 38.7 Å². The molecule has 358 valence electrons. The first-order valence-corrected chi connectivity index (χ1v) is 23.5. The number of fused-ring (bicyclic) bond motifs is 18. The van der Waals surface area contributed by atoms with Gasteiger partial charge in [-0.25, -0.2) is 0 Å². The molecule has 0 spiro atoms. The molecular weight excluding hydrogens is 883 g/mol. The normalized spacial score (nSPS) is 18.3. The Bertz CT molecular complexity index is 2720. The van der Waals surface area contributed by atoms with E-state index in [0.29, 0.717) is 28.8 Å². The van der Waals surface area contributed by atoms with Crippen LogP contribution in [0.4, 0.5) is 5.69 Å². The predicted molar refractivity (Wildman–Crippen MR) is 267 cm³/mol. The van der Waals surface area contributed by atoms with Gasteiger partial charge in [0.2, 0.25) is 29.5 Å². The lowest BCUT2D eigenvalue weighted by atomic mass is 9.88. The molecule has 13 nitrogen and oxygen atoms in total. The number of Topliss-reactive ketones (excluding diaryl/α,β-unsaturated/α-hetero) is 1. The number of hydrogen-bond donors (Lipinski definition) is 5. The van der Waals surface area contributed by atoms with Gasteiger partial charge in [-0.2, -0.15) is 0 Å². The summed E-state index contributed by atoms with van der Waals surface area (Å²) in [5.74, 6) is -5.61. The second-order valence-electron chi connectivity index (χ2n) is 17.6. The van der Waals surface area contributed by atoms with Crippen LogP contribution in [-0.4, -0.2) is 76.0 Å². The number of hydrogen-bond acceptors (Lipinski definition) is 7. The Morgan fingerprint density at radius 1 is 0.514 bits per heavy atom. The van der Waals surface area contributed by atoms with Gasteiger partial charge in [-0.05, 0) is 76.8 Å². The van der Waals surface area contributed by atoms with Gasteiger partial charge in [-0.3, -0.25) is 33.6 Å². The molecule has 5 amide bonds. The zero-order valence-corrected chi connectivity index (χ0v) is 38.8. The molecule has 0 radical (unpaired) electrons. The average Bonchev–Trinajstić information content (AvgIpc) is 3.37. The Morgan fingerprint density at radius 3 is 1.66 bits per heavy atom. The van der Waals surface area contributed by atoms with Crippen molar-refractivity contribution in [3.63, 3.8) is 0 Å². The number of carboxylic acid groups (broad SMARTS) is 1. The summed E-state index contributed by atoms with van der Waals surface area (Å²) >= 11 is 0. The molecule has 0 fully saturated rings. The molecule has 4 atom stereocenters. The lowest BCUT2D eigenvalue weighted by molar-refractivity contribution is -0.147. The molecular formula is C57H57N5O8. The maximum absolute atomic E-state index is 14.9. The van der Waals surface area contributed by atoms with E-state index in [1.165, 1.54) is 4.90 Å². The van der Waals surface area contributed by atoms with E-state index in [0.717, 1.165) is 22.3 Å². The number of nitrogens with zero attached hydrogens (tertiary/aromatic N) is 1. The van der Waals surface area contributed by atoms with Crippen molar-refractivity contribution in [1.29, 1.82) is 0 Å². The second kappa shape index (κ2) is 24.7. The van der Waals surface area contributed by atoms with Crippen molar-refractivity contribution in [3.05, 3.63) is 198 Å². The van der Waals surface area contributed by atoms with E-state index in [1.54, 1.807) is 48.5 Å². The molecule has 0 aromatic heterocycles. The molecule has 2 aliphatic heterocycles. The number of rotatable bonds is 13. The molecule has 70 heavy (non-hydrogen) atoms. The standard InChI is InChI=1S/C57H57N5O8/c63-51-36-46(57(70)62(38-54(66)67)37-43-17-9-3-10-18-43)33-41-23-28-47(29-24-41)58-52(64)31-32-53(65)59-48(30-25-39-13-5-1-6-14-39)55(68)61-50(56(69)60-49(51)34-40-15-7-2-8-16-40)35-42-21-26-45(27-22-42)44-19-11-4-12-20-44/h1-24,26-29,46,48-50H,25,30-38H2,(H,58,64)(H,59,65)(H,60,69)(H,61,68)(H,66,67)/t46-,48-,49-,50+/m1/s1. The summed E-state index contributed by atoms with van der Waals surface area (Å²) in [6.07, 6.45) is -0.106. The van der Waals surface area contributed by atoms with Crippen LogP contribution in [0.25, 0.3) is 11.1 Å². The van der Waals surface area contributed by atoms with E-state index in [2.05, 4.69) is 21.3 Å². The molecule has 8 rings (SSSR count). The van der Waals surface area contributed by atoms with Crippen LogP contribution in [0.5, 0.6) is 0 Å². The third-order valence-electron chi connectivity index (χ3n) is 12.3. The number of aliphatic carboxylic acids is 1. The quantitative estimate of drug-likeness (QED) is 0.0774. The minimum absolute atomic E-state index is 0.0129. The summed E-state index contributed by atoms with van der Waals surface area (Å²) in [5, 5.41) is 21.5. The van der Waals surface area contributed by atoms with Crippen LogP contribution in [0.1, 0.15) is 53.5 Å². The number of amides is 5. The van der Waals surface area contributed by atoms with Gasteiger partial charge < -0.3 is 31.3 Å². The topological polar surface area (TPSA) is 191 Å². The van der Waals surface area contributed by atoms with Crippen LogP contribution in [0.3, 0.4) is 0 Å². The molecule has 2 bridgehead atoms. The summed E-state index contributed by atoms with van der Waals surface area (Å²) in [6.45, 7) is -0.645. The molecule has 13 heteroatoms. The molecule has 0 saturated carbocycles. The smallest absolute Gasteiger partial charge is 0.323 e. The van der Waals surface area contributed by atoms with Crippen LogP contribution in [-0.2, 0) is 65.8 Å². The molecule has 0 aliphatic carbocycles. The van der Waals surface area contributed by atoms with Gasteiger partial charge in [0.15, 0.2) is 5.78 Å². The SMILES string of the molecule is O=C(O)CN(Cc1ccccc1)C(=O)[C@H]1CC(=O)[C@@H](Cc2ccccc2)NC(=O)[C@H](Cc2ccc(-c3ccccc3)cc2)NC(=O)[C@@H](CCc2ccccc2)NC(=O)CCC(=O)Nc2ccc(cc2)C1. The number of carbonyl (C=O) groups is 7. The number of carboxylic acids is 1. The van der Waals surface area contributed by atoms with E-state index in [4.69, 9.17) is 0 Å². The molecule has 2 heterocycles. The van der Waals surface area contributed by atoms with Gasteiger partial charge in [0.1, 0.15) is 18.6 Å². The van der Waals surface area contributed by atoms with Gasteiger partial charge >= 0.3 is 5.97 Å². The van der Waals surface area contributed by atoms with Crippen molar-refractivity contribution >= 4 is 47.0 Å². The van der Waals surface area contributed by atoms with Crippen LogP contribution >= 0.6 is 0 Å². The number of aryl methyl sites for hydroxylation is 1. The van der Waals surface area contributed by atoms with Gasteiger partial charge in [0, 0.05) is 43.8 Å². The Balaban J connectivity index is 1.25. The fraction of sp³-hybridized carbons (Fsp3) is 0.246. The van der Waals surface area contributed by atoms with Crippen molar-refractivity contribution in [1.82, 2.24) is 20.9 Å². The monoisotopic (exact) mass is 939 g/mol. The number of benzene rings is 6. The lowest BCUT2D eigenvalue weighted by Crippen LogP contribution is -2.57. The predicted octanol–water partition coefficient (Wildman–Crippen LogP) is 6.89. The Kier molecular flexibility index (Phi) is 17.6. The minimum atomic E-state index is -1.25. The van der Waals surface area contributed by atoms with E-state index >= 15 is 0 Å². The van der Waals surface area contributed by atoms with Crippen LogP contribution < -0.4 is 21.3 Å². The van der Waals surface area contributed by atoms with Crippen LogP contribution in [0.2, 0.25) is 0 Å². The first kappa shape index (κ1) is 49.7. The first-order valence-electron chi connectivity index (χ1n) is 23.5. The van der Waals surface area contributed by atoms with Crippen molar-refractivity contribution in [3.8, 4) is 11.1 Å². The molecule has 6 aromatic carbocycles. The third kappa shape index (κ3) is 14.9. The lowest BCUT2D eigenvalue weighted by Gasteiger charge is -2.28. The molecule has 0 saturated heterocycles. The van der Waals surface area contributed by atoms with Gasteiger partial charge in [0.25, 0.3) is 0 Å². The van der Waals surface area contributed by atoms with Crippen LogP contribution in [0.15, 0.2) is 170 Å². The number of anilines is 1. The summed E-state index contributed by atoms with van der Waals surface area (Å²) in [6, 6.07) is 48.1. The van der Waals surface area contributed by atoms with Gasteiger partial charge in [-0.1, -0.05) is 158 Å². The maximum atomic E-state index is 14.9. The summed E-state index contributed by atoms with van der Waals surface area (Å²) in [5.41, 5.74) is 6.07. The molecule has 2 aliphatic rings. The van der Waals surface area contributed by atoms with Gasteiger partial charge in [0.05, 0.1) is 6.04 Å². The van der Waals surface area contributed by atoms with E-state index in [-0.39, 0.29) is 51.5 Å². The highest BCUT2D eigenvalue weighted by atomic mass is 16.4. The highest BCUT2D eigenvalue weighted by molar-refractivity contribution is 5.97. The minimum Gasteiger partial charge on any atom is -0.480 e. The zero-order chi connectivity index (χ0) is 49.2. The number of nitrogens with one attached hydrogen (secondary N) is 4. The summed E-state index contributed by atoms with van der Waals surface area (Å²) in [4.78, 5) is 99.1. The summed E-state index contributed by atoms with van der Waals surface area (Å²) < 4.78 is 0. The molecule has 0 unspecified atom stereocenters. The van der Waals surface area contributed by atoms with E-state index in [1.807, 2.05) is 121 Å². The fourth-order valence-corrected chi connectivity index (χ4v) is 8.57. The Hall–Kier alpha value is -8.19. The largest absolute Gasteiger partial charge is 0.480 e. The second-order valence-corrected chi connectivity index (χ2v) is 17.6. The number of ketones is 1. The van der Waals surface area contributed by atoms with Crippen molar-refractivity contribution < 1.29 is 38.7 Å². The van der Waals surface area contributed by atoms with Crippen molar-refractivity contribution in [2.24, 2.45) is 5.92 Å². The zero-order valence-electron chi connectivity index (χ0n) is 38.8. The first-order chi connectivity index (χ1) is 33.9. The van der Waals surface area contributed by atoms with E-state index < -0.39 is 71.9 Å². The average molecular weight is 940 g/mol. The highest BCUT2D eigenvalue weighted by Crippen LogP contribution is 2.23. The molecule has 5 N–H and O–H groups in total. The Morgan fingerprint density at radius 2 is 1.03 bits per heavy atom. The maximum Gasteiger partial charge on any atom is 0.323 e. The van der Waals surface area contributed by atoms with Gasteiger partial charge in [-0.15, -0.1) is 0 Å². The fourth-order valence-electron chi connectivity index (χ4n) is 8.57.